The average Bonchev–Trinajstić information content (AvgIpc) is 2.36. The Morgan fingerprint density at radius 3 is 2.89 bits per heavy atom. The van der Waals surface area contributed by atoms with Crippen molar-refractivity contribution in [1.82, 2.24) is 9.88 Å². The fourth-order valence-corrected chi connectivity index (χ4v) is 2.30. The van der Waals surface area contributed by atoms with E-state index in [4.69, 9.17) is 22.5 Å². The van der Waals surface area contributed by atoms with Gasteiger partial charge in [-0.15, -0.1) is 0 Å². The molecular weight excluding hydrogens is 276 g/mol. The average molecular weight is 289 g/mol. The van der Waals surface area contributed by atoms with Gasteiger partial charge < -0.3 is 15.8 Å². The molecule has 6 nitrogen and oxygen atoms in total. The van der Waals surface area contributed by atoms with Crippen molar-refractivity contribution < 1.29 is 10.0 Å². The Hall–Kier alpha value is -1.47. The number of rotatable bonds is 4. The molecular formula is C10H13ClN4O2S. The molecule has 0 aromatic carbocycles. The lowest BCUT2D eigenvalue weighted by atomic mass is 10.2. The monoisotopic (exact) mass is 288 g/mol. The van der Waals surface area contributed by atoms with Crippen LogP contribution in [0.25, 0.3) is 0 Å². The number of nitrogens with two attached hydrogens (primary N) is 1. The van der Waals surface area contributed by atoms with Gasteiger partial charge in [0, 0.05) is 25.9 Å². The van der Waals surface area contributed by atoms with E-state index in [0.29, 0.717) is 10.6 Å². The van der Waals surface area contributed by atoms with Crippen LogP contribution >= 0.6 is 23.4 Å². The maximum absolute atomic E-state index is 11.4. The zero-order valence-electron chi connectivity index (χ0n) is 9.92. The second-order valence-corrected chi connectivity index (χ2v) is 4.88. The molecule has 1 aromatic rings. The lowest BCUT2D eigenvalue weighted by Gasteiger charge is -2.10. The van der Waals surface area contributed by atoms with Gasteiger partial charge in [-0.05, 0) is 6.07 Å². The molecule has 0 aliphatic heterocycles. The summed E-state index contributed by atoms with van der Waals surface area (Å²) < 4.78 is 0. The van der Waals surface area contributed by atoms with Crippen LogP contribution in [0.3, 0.4) is 0 Å². The first kappa shape index (κ1) is 14.6. The van der Waals surface area contributed by atoms with E-state index in [9.17, 15) is 4.79 Å². The molecule has 0 fully saturated rings. The Morgan fingerprint density at radius 1 is 1.67 bits per heavy atom. The Balaban J connectivity index is 2.88. The predicted molar refractivity (Wildman–Crippen MR) is 71.2 cm³/mol. The maximum atomic E-state index is 11.4. The van der Waals surface area contributed by atoms with Gasteiger partial charge >= 0.3 is 0 Å². The number of amides is 1. The topological polar surface area (TPSA) is 91.8 Å². The van der Waals surface area contributed by atoms with Crippen molar-refractivity contribution in [3.8, 4) is 0 Å². The number of carbonyl (C=O) groups is 1. The van der Waals surface area contributed by atoms with Crippen LogP contribution in [0.1, 0.15) is 5.56 Å². The molecule has 8 heteroatoms. The summed E-state index contributed by atoms with van der Waals surface area (Å²) in [5.41, 5.74) is 5.85. The molecule has 0 spiro atoms. The summed E-state index contributed by atoms with van der Waals surface area (Å²) in [4.78, 5) is 17.0. The molecule has 18 heavy (non-hydrogen) atoms. The second-order valence-electron chi connectivity index (χ2n) is 3.54. The normalized spacial score (nSPS) is 11.4. The number of thioether (sulfide) groups is 1. The quantitative estimate of drug-likeness (QED) is 0.284. The first-order chi connectivity index (χ1) is 8.47. The zero-order valence-corrected chi connectivity index (χ0v) is 11.5. The molecule has 98 valence electrons. The van der Waals surface area contributed by atoms with E-state index in [1.807, 2.05) is 0 Å². The molecule has 1 amide bonds. The Morgan fingerprint density at radius 2 is 2.33 bits per heavy atom. The number of hydrogen-bond donors (Lipinski definition) is 2. The van der Waals surface area contributed by atoms with Crippen molar-refractivity contribution >= 4 is 35.1 Å². The zero-order chi connectivity index (χ0) is 13.7. The standard InChI is InChI=1S/C10H13ClN4O2S/c1-15(2)7(16)5-18-10-8(11)6(3-4-13-10)9(12)14-17/h3-4,17H,5H2,1-2H3,(H2,12,14). The SMILES string of the molecule is CN(C)C(=O)CSc1nccc(/C(N)=N/O)c1Cl. The Labute approximate surface area is 114 Å². The summed E-state index contributed by atoms with van der Waals surface area (Å²) >= 11 is 7.26. The summed E-state index contributed by atoms with van der Waals surface area (Å²) in [7, 11) is 3.34. The highest BCUT2D eigenvalue weighted by Gasteiger charge is 2.13. The summed E-state index contributed by atoms with van der Waals surface area (Å²) in [5, 5.41) is 12.2. The van der Waals surface area contributed by atoms with Crippen molar-refractivity contribution in [3.63, 3.8) is 0 Å². The van der Waals surface area contributed by atoms with E-state index in [1.165, 1.54) is 28.9 Å². The number of pyridine rings is 1. The maximum Gasteiger partial charge on any atom is 0.232 e. The summed E-state index contributed by atoms with van der Waals surface area (Å²) in [6, 6.07) is 1.54. The highest BCUT2D eigenvalue weighted by Crippen LogP contribution is 2.27. The van der Waals surface area contributed by atoms with Crippen molar-refractivity contribution in [1.29, 1.82) is 0 Å². The predicted octanol–water partition coefficient (Wildman–Crippen LogP) is 1.01. The summed E-state index contributed by atoms with van der Waals surface area (Å²) in [6.07, 6.45) is 1.49. The number of halogens is 1. The highest BCUT2D eigenvalue weighted by molar-refractivity contribution is 8.00. The van der Waals surface area contributed by atoms with Crippen LogP contribution < -0.4 is 5.73 Å². The minimum Gasteiger partial charge on any atom is -0.409 e. The van der Waals surface area contributed by atoms with Crippen LogP contribution in [0, 0.1) is 0 Å². The van der Waals surface area contributed by atoms with E-state index < -0.39 is 0 Å². The van der Waals surface area contributed by atoms with Crippen LogP contribution in [0.15, 0.2) is 22.4 Å². The lowest BCUT2D eigenvalue weighted by Crippen LogP contribution is -2.23. The van der Waals surface area contributed by atoms with Gasteiger partial charge in [0.15, 0.2) is 5.84 Å². The molecule has 1 aromatic heterocycles. The van der Waals surface area contributed by atoms with Crippen molar-refractivity contribution in [2.24, 2.45) is 10.9 Å². The number of aromatic nitrogens is 1. The number of oxime groups is 1. The van der Waals surface area contributed by atoms with E-state index in [0.717, 1.165) is 0 Å². The van der Waals surface area contributed by atoms with E-state index in [2.05, 4.69) is 10.1 Å². The third kappa shape index (κ3) is 3.51. The van der Waals surface area contributed by atoms with Crippen LogP contribution in [0.4, 0.5) is 0 Å². The fraction of sp³-hybridized carbons (Fsp3) is 0.300. The summed E-state index contributed by atoms with van der Waals surface area (Å²) in [6.45, 7) is 0. The van der Waals surface area contributed by atoms with Crippen LogP contribution in [-0.2, 0) is 4.79 Å². The number of amidine groups is 1. The van der Waals surface area contributed by atoms with Crippen molar-refractivity contribution in [2.75, 3.05) is 19.8 Å². The molecule has 3 N–H and O–H groups in total. The second kappa shape index (κ2) is 6.46. The molecule has 0 unspecified atom stereocenters. The van der Waals surface area contributed by atoms with E-state index in [1.54, 1.807) is 14.1 Å². The van der Waals surface area contributed by atoms with Gasteiger partial charge in [-0.2, -0.15) is 0 Å². The molecule has 0 aliphatic carbocycles. The van der Waals surface area contributed by atoms with Crippen molar-refractivity contribution in [3.05, 3.63) is 22.8 Å². The van der Waals surface area contributed by atoms with E-state index in [-0.39, 0.29) is 22.5 Å². The largest absolute Gasteiger partial charge is 0.409 e. The van der Waals surface area contributed by atoms with Gasteiger partial charge in [-0.1, -0.05) is 28.5 Å². The van der Waals surface area contributed by atoms with Crippen LogP contribution in [-0.4, -0.2) is 46.7 Å². The van der Waals surface area contributed by atoms with Gasteiger partial charge in [0.05, 0.1) is 10.8 Å². The molecule has 0 saturated carbocycles. The van der Waals surface area contributed by atoms with Gasteiger partial charge in [0.25, 0.3) is 0 Å². The van der Waals surface area contributed by atoms with Crippen LogP contribution in [0.2, 0.25) is 5.02 Å². The summed E-state index contributed by atoms with van der Waals surface area (Å²) in [5.74, 6) is 0.0783. The third-order valence-electron chi connectivity index (χ3n) is 2.07. The molecule has 0 aliphatic rings. The lowest BCUT2D eigenvalue weighted by molar-refractivity contribution is -0.125. The molecule has 0 atom stereocenters. The van der Waals surface area contributed by atoms with Crippen LogP contribution in [0.5, 0.6) is 0 Å². The smallest absolute Gasteiger partial charge is 0.232 e. The first-order valence-electron chi connectivity index (χ1n) is 4.92. The number of carbonyl (C=O) groups excluding carboxylic acids is 1. The Kier molecular flexibility index (Phi) is 5.24. The van der Waals surface area contributed by atoms with Gasteiger partial charge in [-0.3, -0.25) is 4.79 Å². The van der Waals surface area contributed by atoms with E-state index >= 15 is 0 Å². The molecule has 0 radical (unpaired) electrons. The molecule has 1 rings (SSSR count). The van der Waals surface area contributed by atoms with Crippen molar-refractivity contribution in [2.45, 2.75) is 5.03 Å². The Bertz CT molecular complexity index is 479. The third-order valence-corrected chi connectivity index (χ3v) is 3.54. The fourth-order valence-electron chi connectivity index (χ4n) is 1.04. The highest BCUT2D eigenvalue weighted by atomic mass is 35.5. The van der Waals surface area contributed by atoms with Gasteiger partial charge in [-0.25, -0.2) is 4.98 Å². The molecule has 0 saturated heterocycles. The van der Waals surface area contributed by atoms with Gasteiger partial charge in [0.1, 0.15) is 5.03 Å². The first-order valence-corrected chi connectivity index (χ1v) is 6.29. The minimum atomic E-state index is -0.0943. The molecule has 1 heterocycles. The number of hydrogen-bond acceptors (Lipinski definition) is 5. The minimum absolute atomic E-state index is 0.0490. The molecule has 0 bridgehead atoms. The number of nitrogens with zero attached hydrogens (tertiary/aromatic N) is 3. The van der Waals surface area contributed by atoms with Gasteiger partial charge in [0.2, 0.25) is 5.91 Å².